The van der Waals surface area contributed by atoms with Crippen LogP contribution in [0.4, 0.5) is 8.78 Å². The maximum atomic E-state index is 14.5. The van der Waals surface area contributed by atoms with Crippen molar-refractivity contribution in [3.63, 3.8) is 0 Å². The third-order valence-corrected chi connectivity index (χ3v) is 12.6. The maximum Gasteiger partial charge on any atom is 0.343 e. The van der Waals surface area contributed by atoms with Gasteiger partial charge in [-0.15, -0.1) is 0 Å². The predicted octanol–water partition coefficient (Wildman–Crippen LogP) is 16.7. The predicted molar refractivity (Wildman–Crippen MR) is 283 cm³/mol. The van der Waals surface area contributed by atoms with Crippen molar-refractivity contribution in [2.45, 2.75) is 175 Å². The van der Waals surface area contributed by atoms with E-state index >= 15 is 0 Å². The van der Waals surface area contributed by atoms with Gasteiger partial charge in [-0.25, -0.2) is 38.3 Å². The van der Waals surface area contributed by atoms with Crippen molar-refractivity contribution >= 4 is 11.9 Å². The Balaban J connectivity index is 0.000000264. The van der Waals surface area contributed by atoms with E-state index in [-0.39, 0.29) is 11.5 Å². The highest BCUT2D eigenvalue weighted by Crippen LogP contribution is 2.25. The quantitative estimate of drug-likeness (QED) is 0.0260. The number of aromatic nitrogens is 4. The van der Waals surface area contributed by atoms with E-state index in [0.717, 1.165) is 104 Å². The van der Waals surface area contributed by atoms with Crippen LogP contribution < -0.4 is 9.47 Å². The summed E-state index contributed by atoms with van der Waals surface area (Å²) in [6.45, 7) is 8.76. The molecule has 0 aliphatic heterocycles. The zero-order valence-corrected chi connectivity index (χ0v) is 42.8. The minimum Gasteiger partial charge on any atom is -0.420 e. The molecule has 0 fully saturated rings. The molecule has 6 aromatic rings. The van der Waals surface area contributed by atoms with E-state index in [1.165, 1.54) is 101 Å². The average molecular weight is 967 g/mol. The van der Waals surface area contributed by atoms with Gasteiger partial charge in [-0.05, 0) is 122 Å². The Kier molecular flexibility index (Phi) is 25.1. The van der Waals surface area contributed by atoms with Crippen molar-refractivity contribution in [2.24, 2.45) is 0 Å². The van der Waals surface area contributed by atoms with Gasteiger partial charge in [0.05, 0.1) is 11.1 Å². The van der Waals surface area contributed by atoms with Crippen LogP contribution in [0.15, 0.2) is 110 Å². The normalized spacial score (nSPS) is 11.0. The minimum absolute atomic E-state index is 0.0503. The largest absolute Gasteiger partial charge is 0.420 e. The molecule has 378 valence electrons. The molecular weight excluding hydrogens is 891 g/mol. The van der Waals surface area contributed by atoms with Gasteiger partial charge < -0.3 is 9.47 Å². The van der Waals surface area contributed by atoms with Crippen LogP contribution in [0.1, 0.15) is 193 Å². The first-order chi connectivity index (χ1) is 34.7. The Morgan fingerprint density at radius 1 is 0.380 bits per heavy atom. The molecule has 10 heteroatoms. The van der Waals surface area contributed by atoms with E-state index in [1.807, 2.05) is 36.9 Å². The Morgan fingerprint density at radius 2 is 0.676 bits per heavy atom. The summed E-state index contributed by atoms with van der Waals surface area (Å²) >= 11 is 0. The molecule has 0 bridgehead atoms. The highest BCUT2D eigenvalue weighted by atomic mass is 19.1. The van der Waals surface area contributed by atoms with Crippen LogP contribution >= 0.6 is 0 Å². The average Bonchev–Trinajstić information content (AvgIpc) is 3.39. The van der Waals surface area contributed by atoms with Crippen LogP contribution in [0.3, 0.4) is 0 Å². The lowest BCUT2D eigenvalue weighted by Gasteiger charge is -2.08. The number of unbranched alkanes of at least 4 members (excludes halogenated alkanes) is 15. The molecule has 0 atom stereocenters. The summed E-state index contributed by atoms with van der Waals surface area (Å²) < 4.78 is 39.5. The Morgan fingerprint density at radius 3 is 1.03 bits per heavy atom. The fourth-order valence-electron chi connectivity index (χ4n) is 8.21. The van der Waals surface area contributed by atoms with E-state index in [0.29, 0.717) is 22.8 Å². The van der Waals surface area contributed by atoms with Crippen molar-refractivity contribution in [3.05, 3.63) is 155 Å². The van der Waals surface area contributed by atoms with Gasteiger partial charge in [0, 0.05) is 35.9 Å². The number of hydrogen-bond acceptors (Lipinski definition) is 8. The zero-order chi connectivity index (χ0) is 50.5. The van der Waals surface area contributed by atoms with Gasteiger partial charge in [0.1, 0.15) is 0 Å². The summed E-state index contributed by atoms with van der Waals surface area (Å²) in [4.78, 5) is 43.0. The fourth-order valence-corrected chi connectivity index (χ4v) is 8.21. The van der Waals surface area contributed by atoms with Crippen LogP contribution in [-0.4, -0.2) is 31.9 Å². The number of esters is 2. The second kappa shape index (κ2) is 31.9. The maximum absolute atomic E-state index is 14.5. The second-order valence-electron chi connectivity index (χ2n) is 18.6. The molecule has 0 spiro atoms. The first-order valence-corrected chi connectivity index (χ1v) is 26.5. The van der Waals surface area contributed by atoms with Crippen LogP contribution in [0.25, 0.3) is 22.8 Å². The number of benzene rings is 4. The SMILES string of the molecule is CCCCCCCCc1cnc(-c2ccc(C(=O)Oc3ccc(CCCCC)cc3F)cc2)nc1.CCCCCCCCc1cnc(-c2ccc(C(=O)Oc3ccc(CCCCCC)cc3F)cc2)nc1. The summed E-state index contributed by atoms with van der Waals surface area (Å²) in [5.41, 5.74) is 6.45. The molecule has 2 aromatic heterocycles. The molecule has 71 heavy (non-hydrogen) atoms. The molecule has 8 nitrogen and oxygen atoms in total. The van der Waals surface area contributed by atoms with E-state index in [9.17, 15) is 18.4 Å². The van der Waals surface area contributed by atoms with E-state index < -0.39 is 23.6 Å². The molecule has 0 aliphatic carbocycles. The van der Waals surface area contributed by atoms with Gasteiger partial charge in [0.2, 0.25) is 0 Å². The van der Waals surface area contributed by atoms with E-state index in [1.54, 1.807) is 48.5 Å². The molecule has 0 amide bonds. The van der Waals surface area contributed by atoms with Crippen molar-refractivity contribution in [1.29, 1.82) is 0 Å². The molecule has 0 unspecified atom stereocenters. The van der Waals surface area contributed by atoms with Gasteiger partial charge in [-0.1, -0.05) is 160 Å². The molecule has 6 rings (SSSR count). The number of halogens is 2. The molecular formula is C61H76F2N4O4. The number of hydrogen-bond donors (Lipinski definition) is 0. The Bertz CT molecular complexity index is 2460. The van der Waals surface area contributed by atoms with Crippen molar-refractivity contribution < 1.29 is 27.8 Å². The number of aryl methyl sites for hydroxylation is 4. The van der Waals surface area contributed by atoms with Crippen molar-refractivity contribution in [3.8, 4) is 34.3 Å². The van der Waals surface area contributed by atoms with Crippen LogP contribution in [-0.2, 0) is 25.7 Å². The number of carbonyl (C=O) groups excluding carboxylic acids is 2. The first-order valence-electron chi connectivity index (χ1n) is 26.5. The highest BCUT2D eigenvalue weighted by molar-refractivity contribution is 5.92. The molecule has 0 radical (unpaired) electrons. The minimum atomic E-state index is -0.593. The molecule has 0 N–H and O–H groups in total. The van der Waals surface area contributed by atoms with Crippen LogP contribution in [0.2, 0.25) is 0 Å². The smallest absolute Gasteiger partial charge is 0.343 e. The Hall–Kier alpha value is -6.16. The van der Waals surface area contributed by atoms with Gasteiger partial charge in [0.15, 0.2) is 34.8 Å². The second-order valence-corrected chi connectivity index (χ2v) is 18.6. The van der Waals surface area contributed by atoms with Crippen LogP contribution in [0, 0.1) is 11.6 Å². The van der Waals surface area contributed by atoms with Gasteiger partial charge in [-0.3, -0.25) is 0 Å². The monoisotopic (exact) mass is 967 g/mol. The van der Waals surface area contributed by atoms with E-state index in [4.69, 9.17) is 9.47 Å². The number of ether oxygens (including phenoxy) is 2. The standard InChI is InChI=1S/C31H39FN2O2.C30H37FN2O2/c1-3-5-7-9-10-12-14-25-22-33-30(34-23-25)26-16-18-27(19-17-26)31(35)36-29-20-15-24(21-28(29)32)13-11-8-6-4-2;1-3-5-7-8-9-11-13-24-21-32-29(33-22-24)25-15-17-26(18-16-25)30(34)35-28-19-14-23(20-27(28)31)12-10-6-4-2/h15-23H,3-14H2,1-2H3;14-22H,3-13H2,1-2H3. The molecule has 2 heterocycles. The lowest BCUT2D eigenvalue weighted by atomic mass is 10.1. The molecule has 0 saturated heterocycles. The summed E-state index contributed by atoms with van der Waals surface area (Å²) in [6, 6.07) is 23.4. The third-order valence-electron chi connectivity index (χ3n) is 12.6. The van der Waals surface area contributed by atoms with Gasteiger partial charge in [0.25, 0.3) is 0 Å². The third kappa shape index (κ3) is 19.9. The van der Waals surface area contributed by atoms with E-state index in [2.05, 4.69) is 47.6 Å². The van der Waals surface area contributed by atoms with Gasteiger partial charge in [-0.2, -0.15) is 0 Å². The summed E-state index contributed by atoms with van der Waals surface area (Å²) in [5.74, 6) is -1.09. The number of carbonyl (C=O) groups is 2. The number of nitrogens with zero attached hydrogens (tertiary/aromatic N) is 4. The zero-order valence-electron chi connectivity index (χ0n) is 42.8. The Labute approximate surface area is 422 Å². The molecule has 0 saturated carbocycles. The fraction of sp³-hybridized carbons (Fsp3) is 0.443. The summed E-state index contributed by atoms with van der Waals surface area (Å²) in [6.07, 6.45) is 34.1. The topological polar surface area (TPSA) is 104 Å². The van der Waals surface area contributed by atoms with Gasteiger partial charge >= 0.3 is 11.9 Å². The lowest BCUT2D eigenvalue weighted by molar-refractivity contribution is 0.0718. The summed E-state index contributed by atoms with van der Waals surface area (Å²) in [5, 5.41) is 0. The summed E-state index contributed by atoms with van der Waals surface area (Å²) in [7, 11) is 0. The van der Waals surface area contributed by atoms with Crippen molar-refractivity contribution in [2.75, 3.05) is 0 Å². The first kappa shape index (κ1) is 55.8. The van der Waals surface area contributed by atoms with Crippen LogP contribution in [0.5, 0.6) is 11.5 Å². The number of rotatable bonds is 29. The highest BCUT2D eigenvalue weighted by Gasteiger charge is 2.15. The van der Waals surface area contributed by atoms with Crippen molar-refractivity contribution in [1.82, 2.24) is 19.9 Å². The molecule has 4 aromatic carbocycles. The lowest BCUT2D eigenvalue weighted by Crippen LogP contribution is -2.09. The molecule has 0 aliphatic rings.